The molecule has 0 spiro atoms. The molecule has 0 aliphatic heterocycles. The Balaban J connectivity index is 1.54. The van der Waals surface area contributed by atoms with Gasteiger partial charge in [0.25, 0.3) is 0 Å². The van der Waals surface area contributed by atoms with Crippen LogP contribution in [0.4, 0.5) is 17.6 Å². The standard InChI is InChI=1S/C30H20F4/c1-2-3-4-22-17-29(33)27(30(34)18-22)14-8-21-6-10-23(28(32)16-21)9-5-20-7-11-25-19-26(31)13-12-24(25)15-20/h6-7,10-13,15-19H,2-4H2,1H3. The monoisotopic (exact) mass is 456 g/mol. The van der Waals surface area contributed by atoms with E-state index in [-0.39, 0.29) is 22.5 Å². The SMILES string of the molecule is CCCCc1cc(F)c(C#Cc2ccc(C#Cc3ccc4cc(F)ccc4c3)c(F)c2)c(F)c1. The maximum absolute atomic E-state index is 14.5. The van der Waals surface area contributed by atoms with E-state index in [1.54, 1.807) is 30.3 Å². The van der Waals surface area contributed by atoms with Gasteiger partial charge < -0.3 is 0 Å². The predicted molar refractivity (Wildman–Crippen MR) is 127 cm³/mol. The third-order valence-corrected chi connectivity index (χ3v) is 5.37. The molecule has 0 saturated heterocycles. The zero-order valence-electron chi connectivity index (χ0n) is 18.5. The first-order valence-electron chi connectivity index (χ1n) is 10.9. The first-order valence-corrected chi connectivity index (χ1v) is 10.9. The summed E-state index contributed by atoms with van der Waals surface area (Å²) in [5.74, 6) is 8.44. The number of hydrogen-bond acceptors (Lipinski definition) is 0. The van der Waals surface area contributed by atoms with Crippen LogP contribution in [-0.4, -0.2) is 0 Å². The molecule has 0 heterocycles. The summed E-state index contributed by atoms with van der Waals surface area (Å²) in [6, 6.07) is 16.6. The van der Waals surface area contributed by atoms with E-state index in [1.807, 2.05) is 6.92 Å². The summed E-state index contributed by atoms with van der Waals surface area (Å²) >= 11 is 0. The minimum Gasteiger partial charge on any atom is -0.207 e. The Morgan fingerprint density at radius 1 is 0.618 bits per heavy atom. The van der Waals surface area contributed by atoms with Gasteiger partial charge in [-0.25, -0.2) is 17.6 Å². The van der Waals surface area contributed by atoms with E-state index < -0.39 is 17.5 Å². The molecule has 0 aromatic heterocycles. The largest absolute Gasteiger partial charge is 0.207 e. The molecule has 0 saturated carbocycles. The molecule has 0 amide bonds. The number of benzene rings is 4. The van der Waals surface area contributed by atoms with E-state index >= 15 is 0 Å². The van der Waals surface area contributed by atoms with Gasteiger partial charge in [0, 0.05) is 11.1 Å². The molecule has 0 fully saturated rings. The zero-order chi connectivity index (χ0) is 24.1. The molecule has 4 rings (SSSR count). The van der Waals surface area contributed by atoms with Crippen molar-refractivity contribution < 1.29 is 17.6 Å². The smallest absolute Gasteiger partial charge is 0.142 e. The maximum Gasteiger partial charge on any atom is 0.142 e. The normalized spacial score (nSPS) is 10.4. The molecule has 4 aromatic carbocycles. The number of hydrogen-bond donors (Lipinski definition) is 0. The Morgan fingerprint density at radius 2 is 1.26 bits per heavy atom. The van der Waals surface area contributed by atoms with Crippen LogP contribution in [0.3, 0.4) is 0 Å². The Morgan fingerprint density at radius 3 is 2.00 bits per heavy atom. The fraction of sp³-hybridized carbons (Fsp3) is 0.133. The summed E-state index contributed by atoms with van der Waals surface area (Å²) in [5, 5.41) is 1.58. The maximum atomic E-state index is 14.5. The molecule has 0 unspecified atom stereocenters. The van der Waals surface area contributed by atoms with Crippen molar-refractivity contribution in [3.8, 4) is 23.7 Å². The van der Waals surface area contributed by atoms with E-state index in [1.165, 1.54) is 36.4 Å². The lowest BCUT2D eigenvalue weighted by Crippen LogP contribution is -1.95. The van der Waals surface area contributed by atoms with Crippen molar-refractivity contribution in [1.82, 2.24) is 0 Å². The molecule has 0 bridgehead atoms. The molecule has 0 aliphatic carbocycles. The molecular formula is C30H20F4. The summed E-state index contributed by atoms with van der Waals surface area (Å²) < 4.78 is 56.5. The number of aryl methyl sites for hydroxylation is 1. The van der Waals surface area contributed by atoms with E-state index in [4.69, 9.17) is 0 Å². The summed E-state index contributed by atoms with van der Waals surface area (Å²) in [6.07, 6.45) is 2.38. The zero-order valence-corrected chi connectivity index (χ0v) is 18.5. The van der Waals surface area contributed by atoms with Gasteiger partial charge in [-0.15, -0.1) is 0 Å². The van der Waals surface area contributed by atoms with Gasteiger partial charge in [0.1, 0.15) is 23.3 Å². The van der Waals surface area contributed by atoms with E-state index in [9.17, 15) is 17.6 Å². The fourth-order valence-corrected chi connectivity index (χ4v) is 3.53. The Bertz CT molecular complexity index is 1470. The van der Waals surface area contributed by atoms with Crippen molar-refractivity contribution in [2.24, 2.45) is 0 Å². The lowest BCUT2D eigenvalue weighted by Gasteiger charge is -2.03. The first-order chi connectivity index (χ1) is 16.4. The van der Waals surface area contributed by atoms with Crippen LogP contribution in [0, 0.1) is 47.0 Å². The van der Waals surface area contributed by atoms with Crippen molar-refractivity contribution in [1.29, 1.82) is 0 Å². The van der Waals surface area contributed by atoms with Crippen LogP contribution in [0.2, 0.25) is 0 Å². The number of halogens is 4. The second-order valence-corrected chi connectivity index (χ2v) is 7.94. The molecule has 4 aromatic rings. The molecule has 0 aliphatic rings. The lowest BCUT2D eigenvalue weighted by molar-refractivity contribution is 0.572. The molecule has 4 heteroatoms. The Labute approximate surface area is 196 Å². The van der Waals surface area contributed by atoms with Crippen molar-refractivity contribution in [3.63, 3.8) is 0 Å². The molecule has 0 N–H and O–H groups in total. The average Bonchev–Trinajstić information content (AvgIpc) is 2.81. The van der Waals surface area contributed by atoms with Gasteiger partial charge in [-0.1, -0.05) is 49.2 Å². The van der Waals surface area contributed by atoms with Crippen LogP contribution >= 0.6 is 0 Å². The van der Waals surface area contributed by atoms with Crippen molar-refractivity contribution in [2.45, 2.75) is 26.2 Å². The van der Waals surface area contributed by atoms with E-state index in [0.717, 1.165) is 23.6 Å². The van der Waals surface area contributed by atoms with E-state index in [0.29, 0.717) is 17.5 Å². The Kier molecular flexibility index (Phi) is 7.00. The third-order valence-electron chi connectivity index (χ3n) is 5.37. The van der Waals surface area contributed by atoms with Crippen LogP contribution < -0.4 is 0 Å². The molecule has 0 nitrogen and oxygen atoms in total. The minimum atomic E-state index is -0.723. The highest BCUT2D eigenvalue weighted by Crippen LogP contribution is 2.18. The van der Waals surface area contributed by atoms with Crippen LogP contribution in [0.5, 0.6) is 0 Å². The predicted octanol–water partition coefficient (Wildman–Crippen LogP) is 7.54. The molecule has 168 valence electrons. The number of rotatable bonds is 3. The molecular weight excluding hydrogens is 436 g/mol. The summed E-state index contributed by atoms with van der Waals surface area (Å²) in [5.41, 5.74) is 1.37. The highest BCUT2D eigenvalue weighted by atomic mass is 19.1. The number of fused-ring (bicyclic) bond motifs is 1. The second kappa shape index (κ2) is 10.3. The lowest BCUT2D eigenvalue weighted by atomic mass is 10.0. The fourth-order valence-electron chi connectivity index (χ4n) is 3.53. The van der Waals surface area contributed by atoms with Gasteiger partial charge in [-0.05, 0) is 83.8 Å². The van der Waals surface area contributed by atoms with Gasteiger partial charge in [0.15, 0.2) is 0 Å². The Hall–Kier alpha value is -4.02. The summed E-state index contributed by atoms with van der Waals surface area (Å²) in [4.78, 5) is 0. The number of unbranched alkanes of at least 4 members (excludes halogenated alkanes) is 1. The quantitative estimate of drug-likeness (QED) is 0.221. The van der Waals surface area contributed by atoms with Crippen LogP contribution in [0.25, 0.3) is 10.8 Å². The average molecular weight is 456 g/mol. The van der Waals surface area contributed by atoms with Crippen LogP contribution in [0.15, 0.2) is 66.7 Å². The second-order valence-electron chi connectivity index (χ2n) is 7.94. The van der Waals surface area contributed by atoms with Gasteiger partial charge in [0.2, 0.25) is 0 Å². The first kappa shape index (κ1) is 23.1. The highest BCUT2D eigenvalue weighted by Gasteiger charge is 2.09. The molecule has 0 radical (unpaired) electrons. The highest BCUT2D eigenvalue weighted by molar-refractivity contribution is 5.84. The molecule has 34 heavy (non-hydrogen) atoms. The van der Waals surface area contributed by atoms with Crippen LogP contribution in [-0.2, 0) is 6.42 Å². The van der Waals surface area contributed by atoms with Crippen molar-refractivity contribution in [2.75, 3.05) is 0 Å². The topological polar surface area (TPSA) is 0 Å². The van der Waals surface area contributed by atoms with Gasteiger partial charge in [-0.2, -0.15) is 0 Å². The summed E-state index contributed by atoms with van der Waals surface area (Å²) in [6.45, 7) is 2.01. The van der Waals surface area contributed by atoms with Gasteiger partial charge in [0.05, 0.1) is 11.1 Å². The van der Waals surface area contributed by atoms with Crippen molar-refractivity contribution >= 4 is 10.8 Å². The van der Waals surface area contributed by atoms with Gasteiger partial charge in [-0.3, -0.25) is 0 Å². The summed E-state index contributed by atoms with van der Waals surface area (Å²) in [7, 11) is 0. The minimum absolute atomic E-state index is 0.169. The molecule has 0 atom stereocenters. The third kappa shape index (κ3) is 5.48. The van der Waals surface area contributed by atoms with E-state index in [2.05, 4.69) is 23.7 Å². The van der Waals surface area contributed by atoms with Crippen molar-refractivity contribution in [3.05, 3.63) is 118 Å². The van der Waals surface area contributed by atoms with Gasteiger partial charge >= 0.3 is 0 Å². The van der Waals surface area contributed by atoms with Crippen LogP contribution in [0.1, 0.15) is 47.6 Å².